The van der Waals surface area contributed by atoms with Crippen LogP contribution in [0.4, 0.5) is 11.4 Å². The van der Waals surface area contributed by atoms with E-state index < -0.39 is 0 Å². The van der Waals surface area contributed by atoms with E-state index in [1.807, 2.05) is 13.1 Å². The van der Waals surface area contributed by atoms with Gasteiger partial charge in [0.15, 0.2) is 0 Å². The second-order valence-corrected chi connectivity index (χ2v) is 2.63. The van der Waals surface area contributed by atoms with Crippen LogP contribution in [-0.2, 0) is 4.74 Å². The van der Waals surface area contributed by atoms with Gasteiger partial charge in [-0.25, -0.2) is 0 Å². The maximum absolute atomic E-state index is 4.92. The van der Waals surface area contributed by atoms with E-state index >= 15 is 0 Å². The van der Waals surface area contributed by atoms with E-state index in [0.717, 1.165) is 17.9 Å². The average molecular weight is 181 g/mol. The Kier molecular flexibility index (Phi) is 4.05. The van der Waals surface area contributed by atoms with E-state index in [1.54, 1.807) is 19.5 Å². The summed E-state index contributed by atoms with van der Waals surface area (Å²) in [6.45, 7) is 1.50. The van der Waals surface area contributed by atoms with Crippen LogP contribution in [0.1, 0.15) is 0 Å². The van der Waals surface area contributed by atoms with Crippen LogP contribution < -0.4 is 10.6 Å². The topological polar surface area (TPSA) is 46.2 Å². The molecule has 0 aromatic carbocycles. The number of ether oxygens (including phenoxy) is 1. The molecule has 0 atom stereocenters. The first-order valence-electron chi connectivity index (χ1n) is 4.22. The number of nitrogens with zero attached hydrogens (tertiary/aromatic N) is 1. The Balaban J connectivity index is 2.46. The Morgan fingerprint density at radius 2 is 2.15 bits per heavy atom. The van der Waals surface area contributed by atoms with Gasteiger partial charge in [-0.2, -0.15) is 0 Å². The van der Waals surface area contributed by atoms with Crippen molar-refractivity contribution in [3.8, 4) is 0 Å². The van der Waals surface area contributed by atoms with E-state index in [-0.39, 0.29) is 0 Å². The monoisotopic (exact) mass is 181 g/mol. The van der Waals surface area contributed by atoms with E-state index in [1.165, 1.54) is 0 Å². The number of aromatic nitrogens is 1. The Labute approximate surface area is 78.3 Å². The minimum absolute atomic E-state index is 0.698. The molecule has 0 aliphatic carbocycles. The fourth-order valence-corrected chi connectivity index (χ4v) is 0.971. The molecule has 4 nitrogen and oxygen atoms in total. The first-order valence-corrected chi connectivity index (χ1v) is 4.22. The van der Waals surface area contributed by atoms with Crippen LogP contribution in [0.25, 0.3) is 0 Å². The predicted molar refractivity (Wildman–Crippen MR) is 54.1 cm³/mol. The van der Waals surface area contributed by atoms with Crippen LogP contribution in [0.3, 0.4) is 0 Å². The third kappa shape index (κ3) is 3.29. The van der Waals surface area contributed by atoms with Crippen molar-refractivity contribution in [3.63, 3.8) is 0 Å². The molecule has 0 spiro atoms. The molecule has 1 rings (SSSR count). The van der Waals surface area contributed by atoms with Gasteiger partial charge in [0, 0.05) is 20.7 Å². The summed E-state index contributed by atoms with van der Waals surface area (Å²) in [5, 5.41) is 6.22. The molecule has 1 aromatic rings. The molecule has 1 heterocycles. The first-order chi connectivity index (χ1) is 6.36. The average Bonchev–Trinajstić information content (AvgIpc) is 2.19. The van der Waals surface area contributed by atoms with Gasteiger partial charge in [-0.15, -0.1) is 0 Å². The number of hydrogen-bond donors (Lipinski definition) is 2. The molecular weight excluding hydrogens is 166 g/mol. The summed E-state index contributed by atoms with van der Waals surface area (Å²) < 4.78 is 4.92. The summed E-state index contributed by atoms with van der Waals surface area (Å²) in [7, 11) is 3.56. The maximum atomic E-state index is 4.92. The SMILES string of the molecule is CNc1cncc(NCCOC)c1. The van der Waals surface area contributed by atoms with Gasteiger partial charge in [-0.05, 0) is 6.07 Å². The van der Waals surface area contributed by atoms with Gasteiger partial charge < -0.3 is 15.4 Å². The lowest BCUT2D eigenvalue weighted by Crippen LogP contribution is -2.07. The van der Waals surface area contributed by atoms with Gasteiger partial charge in [0.05, 0.1) is 30.4 Å². The highest BCUT2D eigenvalue weighted by molar-refractivity contribution is 5.53. The molecule has 0 fully saturated rings. The molecule has 0 radical (unpaired) electrons. The molecule has 0 bridgehead atoms. The number of pyridine rings is 1. The van der Waals surface area contributed by atoms with E-state index in [4.69, 9.17) is 4.74 Å². The summed E-state index contributed by atoms with van der Waals surface area (Å²) in [4.78, 5) is 4.07. The first kappa shape index (κ1) is 9.80. The van der Waals surface area contributed by atoms with E-state index in [9.17, 15) is 0 Å². The largest absolute Gasteiger partial charge is 0.387 e. The molecule has 13 heavy (non-hydrogen) atoms. The molecule has 0 aliphatic heterocycles. The summed E-state index contributed by atoms with van der Waals surface area (Å²) >= 11 is 0. The highest BCUT2D eigenvalue weighted by Crippen LogP contribution is 2.11. The Hall–Kier alpha value is -1.29. The van der Waals surface area contributed by atoms with Crippen molar-refractivity contribution in [3.05, 3.63) is 18.5 Å². The second-order valence-electron chi connectivity index (χ2n) is 2.63. The third-order valence-electron chi connectivity index (χ3n) is 1.66. The van der Waals surface area contributed by atoms with Crippen LogP contribution >= 0.6 is 0 Å². The molecule has 0 aliphatic rings. The normalized spacial score (nSPS) is 9.69. The fraction of sp³-hybridized carbons (Fsp3) is 0.444. The molecule has 2 N–H and O–H groups in total. The lowest BCUT2D eigenvalue weighted by atomic mass is 10.3. The van der Waals surface area contributed by atoms with Crippen LogP contribution in [-0.4, -0.2) is 32.3 Å². The smallest absolute Gasteiger partial charge is 0.0635 e. The zero-order chi connectivity index (χ0) is 9.52. The molecule has 0 saturated heterocycles. The van der Waals surface area contributed by atoms with Crippen molar-refractivity contribution >= 4 is 11.4 Å². The van der Waals surface area contributed by atoms with Crippen molar-refractivity contribution in [1.82, 2.24) is 4.98 Å². The molecule has 72 valence electrons. The van der Waals surface area contributed by atoms with Gasteiger partial charge >= 0.3 is 0 Å². The number of nitrogens with one attached hydrogen (secondary N) is 2. The zero-order valence-electron chi connectivity index (χ0n) is 8.00. The van der Waals surface area contributed by atoms with Gasteiger partial charge in [0.25, 0.3) is 0 Å². The summed E-state index contributed by atoms with van der Waals surface area (Å²) in [5.74, 6) is 0. The van der Waals surface area contributed by atoms with Gasteiger partial charge in [-0.1, -0.05) is 0 Å². The van der Waals surface area contributed by atoms with Crippen molar-refractivity contribution in [2.75, 3.05) is 37.9 Å². The highest BCUT2D eigenvalue weighted by Gasteiger charge is 1.93. The van der Waals surface area contributed by atoms with Crippen molar-refractivity contribution in [2.45, 2.75) is 0 Å². The van der Waals surface area contributed by atoms with Gasteiger partial charge in [-0.3, -0.25) is 4.98 Å². The number of anilines is 2. The van der Waals surface area contributed by atoms with Crippen molar-refractivity contribution < 1.29 is 4.74 Å². The van der Waals surface area contributed by atoms with E-state index in [2.05, 4.69) is 15.6 Å². The number of rotatable bonds is 5. The molecule has 0 unspecified atom stereocenters. The Morgan fingerprint density at radius 3 is 2.85 bits per heavy atom. The Morgan fingerprint density at radius 1 is 1.38 bits per heavy atom. The van der Waals surface area contributed by atoms with Crippen molar-refractivity contribution in [1.29, 1.82) is 0 Å². The maximum Gasteiger partial charge on any atom is 0.0635 e. The predicted octanol–water partition coefficient (Wildman–Crippen LogP) is 1.18. The summed E-state index contributed by atoms with van der Waals surface area (Å²) in [5.41, 5.74) is 2.01. The lowest BCUT2D eigenvalue weighted by molar-refractivity contribution is 0.211. The van der Waals surface area contributed by atoms with Gasteiger partial charge in [0.1, 0.15) is 0 Å². The zero-order valence-corrected chi connectivity index (χ0v) is 8.00. The fourth-order valence-electron chi connectivity index (χ4n) is 0.971. The molecule has 0 amide bonds. The molecular formula is C9H15N3O. The highest BCUT2D eigenvalue weighted by atomic mass is 16.5. The summed E-state index contributed by atoms with van der Waals surface area (Å²) in [6, 6.07) is 2.00. The quantitative estimate of drug-likeness (QED) is 0.670. The minimum Gasteiger partial charge on any atom is -0.387 e. The standard InChI is InChI=1S/C9H15N3O/c1-10-8-5-9(7-11-6-8)12-3-4-13-2/h5-7,10,12H,3-4H2,1-2H3. The minimum atomic E-state index is 0.698. The van der Waals surface area contributed by atoms with Crippen LogP contribution in [0.5, 0.6) is 0 Å². The van der Waals surface area contributed by atoms with Crippen LogP contribution in [0.15, 0.2) is 18.5 Å². The van der Waals surface area contributed by atoms with Gasteiger partial charge in [0.2, 0.25) is 0 Å². The third-order valence-corrected chi connectivity index (χ3v) is 1.66. The van der Waals surface area contributed by atoms with Crippen LogP contribution in [0, 0.1) is 0 Å². The second kappa shape index (κ2) is 5.37. The van der Waals surface area contributed by atoms with Crippen LogP contribution in [0.2, 0.25) is 0 Å². The summed E-state index contributed by atoms with van der Waals surface area (Å²) in [6.07, 6.45) is 3.57. The number of methoxy groups -OCH3 is 1. The van der Waals surface area contributed by atoms with E-state index in [0.29, 0.717) is 6.61 Å². The Bertz CT molecular complexity index is 252. The van der Waals surface area contributed by atoms with Crippen molar-refractivity contribution in [2.24, 2.45) is 0 Å². The molecule has 0 saturated carbocycles. The lowest BCUT2D eigenvalue weighted by Gasteiger charge is -2.06. The molecule has 4 heteroatoms. The number of hydrogen-bond acceptors (Lipinski definition) is 4. The molecule has 1 aromatic heterocycles.